The SMILES string of the molecule is CC(OC(=O)Cc1cccc(F)c1)c1nc2ccccc2n1C(F)F. The Morgan fingerprint density at radius 1 is 1.20 bits per heavy atom. The Labute approximate surface area is 141 Å². The number of carbonyl (C=O) groups is 1. The summed E-state index contributed by atoms with van der Waals surface area (Å²) >= 11 is 0. The molecule has 3 rings (SSSR count). The average molecular weight is 348 g/mol. The van der Waals surface area contributed by atoms with E-state index >= 15 is 0 Å². The zero-order chi connectivity index (χ0) is 18.0. The number of hydrogen-bond acceptors (Lipinski definition) is 3. The maximum atomic E-state index is 13.4. The zero-order valence-corrected chi connectivity index (χ0v) is 13.3. The van der Waals surface area contributed by atoms with E-state index in [-0.39, 0.29) is 17.8 Å². The lowest BCUT2D eigenvalue weighted by molar-refractivity contribution is -0.148. The van der Waals surface area contributed by atoms with Gasteiger partial charge in [-0.05, 0) is 36.8 Å². The smallest absolute Gasteiger partial charge is 0.320 e. The molecule has 0 aliphatic heterocycles. The quantitative estimate of drug-likeness (QED) is 0.641. The van der Waals surface area contributed by atoms with Gasteiger partial charge in [-0.25, -0.2) is 9.37 Å². The minimum Gasteiger partial charge on any atom is -0.454 e. The van der Waals surface area contributed by atoms with Crippen LogP contribution < -0.4 is 0 Å². The molecule has 1 aromatic heterocycles. The van der Waals surface area contributed by atoms with Gasteiger partial charge >= 0.3 is 12.5 Å². The van der Waals surface area contributed by atoms with Gasteiger partial charge in [-0.1, -0.05) is 24.3 Å². The molecule has 1 unspecified atom stereocenters. The van der Waals surface area contributed by atoms with Crippen molar-refractivity contribution in [1.82, 2.24) is 9.55 Å². The number of imidazole rings is 1. The predicted molar refractivity (Wildman–Crippen MR) is 85.6 cm³/mol. The van der Waals surface area contributed by atoms with Crippen molar-refractivity contribution in [2.75, 3.05) is 0 Å². The van der Waals surface area contributed by atoms with Crippen molar-refractivity contribution in [1.29, 1.82) is 0 Å². The van der Waals surface area contributed by atoms with Gasteiger partial charge in [0, 0.05) is 0 Å². The number of rotatable bonds is 5. The van der Waals surface area contributed by atoms with Crippen LogP contribution in [0.1, 0.15) is 31.0 Å². The molecule has 4 nitrogen and oxygen atoms in total. The van der Waals surface area contributed by atoms with Crippen molar-refractivity contribution >= 4 is 17.0 Å². The topological polar surface area (TPSA) is 44.1 Å². The van der Waals surface area contributed by atoms with E-state index in [2.05, 4.69) is 4.98 Å². The lowest BCUT2D eigenvalue weighted by Gasteiger charge is -2.15. The molecule has 0 saturated carbocycles. The summed E-state index contributed by atoms with van der Waals surface area (Å²) in [6.07, 6.45) is -1.13. The van der Waals surface area contributed by atoms with Gasteiger partial charge < -0.3 is 4.74 Å². The van der Waals surface area contributed by atoms with Crippen LogP contribution in [0, 0.1) is 5.82 Å². The standard InChI is InChI=1S/C18H15F3N2O2/c1-11(25-16(24)10-12-5-4-6-13(19)9-12)17-22-14-7-2-3-8-15(14)23(17)18(20)21/h2-9,11,18H,10H2,1H3. The second-order valence-electron chi connectivity index (χ2n) is 5.55. The van der Waals surface area contributed by atoms with E-state index < -0.39 is 24.4 Å². The molecule has 3 aromatic rings. The first-order valence-corrected chi connectivity index (χ1v) is 7.64. The highest BCUT2D eigenvalue weighted by atomic mass is 19.3. The van der Waals surface area contributed by atoms with Gasteiger partial charge in [-0.3, -0.25) is 9.36 Å². The second-order valence-corrected chi connectivity index (χ2v) is 5.55. The van der Waals surface area contributed by atoms with Crippen LogP contribution in [0.5, 0.6) is 0 Å². The monoisotopic (exact) mass is 348 g/mol. The number of hydrogen-bond donors (Lipinski definition) is 0. The van der Waals surface area contributed by atoms with Crippen molar-refractivity contribution < 1.29 is 22.7 Å². The summed E-state index contributed by atoms with van der Waals surface area (Å²) in [5.41, 5.74) is 1.10. The molecule has 0 bridgehead atoms. The van der Waals surface area contributed by atoms with Crippen LogP contribution in [0.4, 0.5) is 13.2 Å². The number of alkyl halides is 2. The van der Waals surface area contributed by atoms with Crippen molar-refractivity contribution in [3.05, 3.63) is 65.7 Å². The van der Waals surface area contributed by atoms with Crippen LogP contribution in [0.15, 0.2) is 48.5 Å². The normalized spacial score (nSPS) is 12.5. The van der Waals surface area contributed by atoms with E-state index in [1.54, 1.807) is 24.3 Å². The highest BCUT2D eigenvalue weighted by molar-refractivity contribution is 5.76. The molecule has 0 aliphatic carbocycles. The molecule has 0 fully saturated rings. The lowest BCUT2D eigenvalue weighted by Crippen LogP contribution is -2.16. The predicted octanol–water partition coefficient (Wildman–Crippen LogP) is 4.42. The molecule has 1 heterocycles. The Morgan fingerprint density at radius 3 is 2.68 bits per heavy atom. The molecule has 0 amide bonds. The Bertz CT molecular complexity index is 908. The lowest BCUT2D eigenvalue weighted by atomic mass is 10.1. The Morgan fingerprint density at radius 2 is 1.96 bits per heavy atom. The summed E-state index contributed by atoms with van der Waals surface area (Å²) < 4.78 is 46.0. The molecule has 1 atom stereocenters. The molecular formula is C18H15F3N2O2. The van der Waals surface area contributed by atoms with Crippen LogP contribution in [-0.4, -0.2) is 15.5 Å². The van der Waals surface area contributed by atoms with Gasteiger partial charge in [-0.15, -0.1) is 0 Å². The first-order chi connectivity index (χ1) is 12.0. The highest BCUT2D eigenvalue weighted by Crippen LogP contribution is 2.28. The fraction of sp³-hybridized carbons (Fsp3) is 0.222. The number of fused-ring (bicyclic) bond motifs is 1. The molecule has 0 spiro atoms. The molecule has 0 aliphatic rings. The highest BCUT2D eigenvalue weighted by Gasteiger charge is 2.24. The number of carbonyl (C=O) groups excluding carboxylic acids is 1. The van der Waals surface area contributed by atoms with Crippen molar-refractivity contribution in [2.45, 2.75) is 26.0 Å². The summed E-state index contributed by atoms with van der Waals surface area (Å²) in [6, 6.07) is 12.0. The van der Waals surface area contributed by atoms with Crippen LogP contribution >= 0.6 is 0 Å². The van der Waals surface area contributed by atoms with Gasteiger partial charge in [0.25, 0.3) is 0 Å². The van der Waals surface area contributed by atoms with E-state index in [9.17, 15) is 18.0 Å². The van der Waals surface area contributed by atoms with Crippen molar-refractivity contribution in [3.8, 4) is 0 Å². The number of nitrogens with zero attached hydrogens (tertiary/aromatic N) is 2. The van der Waals surface area contributed by atoms with E-state index in [1.807, 2.05) is 0 Å². The van der Waals surface area contributed by atoms with Crippen LogP contribution in [0.2, 0.25) is 0 Å². The Hall–Kier alpha value is -2.83. The van der Waals surface area contributed by atoms with Gasteiger partial charge in [0.05, 0.1) is 17.5 Å². The van der Waals surface area contributed by atoms with Crippen LogP contribution in [-0.2, 0) is 16.0 Å². The summed E-state index contributed by atoms with van der Waals surface area (Å²) in [6.45, 7) is -1.34. The largest absolute Gasteiger partial charge is 0.454 e. The number of benzene rings is 2. The van der Waals surface area contributed by atoms with Crippen LogP contribution in [0.25, 0.3) is 11.0 Å². The molecule has 0 saturated heterocycles. The third kappa shape index (κ3) is 3.65. The number of esters is 1. The minimum absolute atomic E-state index is 0.0382. The van der Waals surface area contributed by atoms with E-state index in [0.717, 1.165) is 4.57 Å². The van der Waals surface area contributed by atoms with Gasteiger partial charge in [0.2, 0.25) is 0 Å². The molecule has 7 heteroatoms. The maximum Gasteiger partial charge on any atom is 0.320 e. The van der Waals surface area contributed by atoms with E-state index in [4.69, 9.17) is 4.74 Å². The number of ether oxygens (including phenoxy) is 1. The number of halogens is 3. The fourth-order valence-electron chi connectivity index (χ4n) is 2.66. The molecule has 130 valence electrons. The average Bonchev–Trinajstić information content (AvgIpc) is 2.94. The molecule has 0 N–H and O–H groups in total. The second kappa shape index (κ2) is 6.96. The summed E-state index contributed by atoms with van der Waals surface area (Å²) in [5.74, 6) is -1.15. The van der Waals surface area contributed by atoms with E-state index in [0.29, 0.717) is 11.1 Å². The van der Waals surface area contributed by atoms with E-state index in [1.165, 1.54) is 31.2 Å². The number of aromatic nitrogens is 2. The first-order valence-electron chi connectivity index (χ1n) is 7.64. The van der Waals surface area contributed by atoms with Gasteiger partial charge in [0.1, 0.15) is 5.82 Å². The number of para-hydroxylation sites is 2. The van der Waals surface area contributed by atoms with Gasteiger partial charge in [-0.2, -0.15) is 8.78 Å². The third-order valence-electron chi connectivity index (χ3n) is 3.73. The fourth-order valence-corrected chi connectivity index (χ4v) is 2.66. The van der Waals surface area contributed by atoms with Crippen molar-refractivity contribution in [2.24, 2.45) is 0 Å². The molecular weight excluding hydrogens is 333 g/mol. The molecule has 2 aromatic carbocycles. The zero-order valence-electron chi connectivity index (χ0n) is 13.3. The summed E-state index contributed by atoms with van der Waals surface area (Å²) in [5, 5.41) is 0. The molecule has 0 radical (unpaired) electrons. The summed E-state index contributed by atoms with van der Waals surface area (Å²) in [7, 11) is 0. The van der Waals surface area contributed by atoms with Crippen LogP contribution in [0.3, 0.4) is 0 Å². The maximum absolute atomic E-state index is 13.4. The first kappa shape index (κ1) is 17.0. The molecule has 25 heavy (non-hydrogen) atoms. The van der Waals surface area contributed by atoms with Gasteiger partial charge in [0.15, 0.2) is 11.9 Å². The Kier molecular flexibility index (Phi) is 4.74. The third-order valence-corrected chi connectivity index (χ3v) is 3.73. The summed E-state index contributed by atoms with van der Waals surface area (Å²) in [4.78, 5) is 16.2. The Balaban J connectivity index is 1.81. The van der Waals surface area contributed by atoms with Crippen molar-refractivity contribution in [3.63, 3.8) is 0 Å². The minimum atomic E-state index is -2.81.